The van der Waals surface area contributed by atoms with Crippen LogP contribution >= 0.6 is 11.3 Å². The van der Waals surface area contributed by atoms with Crippen molar-refractivity contribution in [1.29, 1.82) is 0 Å². The number of amides is 1. The third kappa shape index (κ3) is 4.57. The van der Waals surface area contributed by atoms with Crippen molar-refractivity contribution in [3.05, 3.63) is 70.4 Å². The molecule has 0 N–H and O–H groups in total. The SMILES string of the molecule is C#CCCOc1cc(-c2ccc(C)s2)cc2c1OCCN(C(=O)c1ccccc1F)C2. The molecule has 0 bridgehead atoms. The Balaban J connectivity index is 1.71. The largest absolute Gasteiger partial charge is 0.489 e. The molecule has 2 heterocycles. The maximum Gasteiger partial charge on any atom is 0.257 e. The van der Waals surface area contributed by atoms with Crippen LogP contribution in [0.2, 0.25) is 0 Å². The highest BCUT2D eigenvalue weighted by Crippen LogP contribution is 2.40. The quantitative estimate of drug-likeness (QED) is 0.403. The van der Waals surface area contributed by atoms with Crippen LogP contribution in [-0.4, -0.2) is 30.6 Å². The summed E-state index contributed by atoms with van der Waals surface area (Å²) in [5, 5.41) is 0. The fraction of sp³-hybridized carbons (Fsp3) is 0.240. The summed E-state index contributed by atoms with van der Waals surface area (Å²) in [5.74, 6) is 2.90. The zero-order chi connectivity index (χ0) is 21.8. The molecule has 0 radical (unpaired) electrons. The maximum atomic E-state index is 14.2. The van der Waals surface area contributed by atoms with Gasteiger partial charge in [0.05, 0.1) is 18.7 Å². The number of terminal acetylenes is 1. The number of ether oxygens (including phenoxy) is 2. The van der Waals surface area contributed by atoms with Crippen LogP contribution in [0.3, 0.4) is 0 Å². The van der Waals surface area contributed by atoms with Crippen LogP contribution in [0.15, 0.2) is 48.5 Å². The van der Waals surface area contributed by atoms with Crippen LogP contribution in [0, 0.1) is 25.1 Å². The number of fused-ring (bicyclic) bond motifs is 1. The standard InChI is InChI=1S/C25H22FNO3S/c1-3-4-12-29-22-15-18(23-10-9-17(2)31-23)14-19-16-27(11-13-30-24(19)22)25(28)20-7-5-6-8-21(20)26/h1,5-10,14-15H,4,11-13,16H2,2H3. The number of nitrogens with zero attached hydrogens (tertiary/aromatic N) is 1. The molecule has 0 saturated heterocycles. The van der Waals surface area contributed by atoms with Crippen molar-refractivity contribution in [2.45, 2.75) is 19.9 Å². The van der Waals surface area contributed by atoms with E-state index in [1.54, 1.807) is 28.4 Å². The van der Waals surface area contributed by atoms with Gasteiger partial charge in [-0.05, 0) is 48.9 Å². The van der Waals surface area contributed by atoms with Gasteiger partial charge in [0, 0.05) is 28.3 Å². The number of benzene rings is 2. The second-order valence-corrected chi connectivity index (χ2v) is 8.52. The van der Waals surface area contributed by atoms with Gasteiger partial charge in [0.25, 0.3) is 5.91 Å². The molecular weight excluding hydrogens is 413 g/mol. The molecule has 3 aromatic rings. The zero-order valence-corrected chi connectivity index (χ0v) is 18.0. The Labute approximate surface area is 185 Å². The maximum absolute atomic E-state index is 14.2. The van der Waals surface area contributed by atoms with E-state index in [4.69, 9.17) is 15.9 Å². The van der Waals surface area contributed by atoms with Crippen LogP contribution in [0.1, 0.15) is 27.2 Å². The summed E-state index contributed by atoms with van der Waals surface area (Å²) in [6, 6.07) is 14.1. The molecule has 0 atom stereocenters. The highest BCUT2D eigenvalue weighted by Gasteiger charge is 2.26. The third-order valence-electron chi connectivity index (χ3n) is 5.02. The van der Waals surface area contributed by atoms with Gasteiger partial charge in [0.15, 0.2) is 11.5 Å². The molecular formula is C25H22FNO3S. The van der Waals surface area contributed by atoms with Gasteiger partial charge in [0.1, 0.15) is 12.4 Å². The Morgan fingerprint density at radius 3 is 2.87 bits per heavy atom. The van der Waals surface area contributed by atoms with Crippen LogP contribution in [0.4, 0.5) is 4.39 Å². The molecule has 0 saturated carbocycles. The minimum Gasteiger partial charge on any atom is -0.489 e. The van der Waals surface area contributed by atoms with Crippen LogP contribution < -0.4 is 9.47 Å². The monoisotopic (exact) mass is 435 g/mol. The molecule has 4 rings (SSSR count). The van der Waals surface area contributed by atoms with E-state index in [0.29, 0.717) is 37.6 Å². The average molecular weight is 436 g/mol. The smallest absolute Gasteiger partial charge is 0.257 e. The fourth-order valence-corrected chi connectivity index (χ4v) is 4.38. The average Bonchev–Trinajstić information content (AvgIpc) is 3.08. The minimum absolute atomic E-state index is 0.0569. The molecule has 0 fully saturated rings. The van der Waals surface area contributed by atoms with Gasteiger partial charge < -0.3 is 14.4 Å². The van der Waals surface area contributed by atoms with E-state index in [2.05, 4.69) is 25.0 Å². The Morgan fingerprint density at radius 2 is 2.13 bits per heavy atom. The first-order chi connectivity index (χ1) is 15.1. The Bertz CT molecular complexity index is 1150. The van der Waals surface area contributed by atoms with E-state index in [9.17, 15) is 9.18 Å². The number of carbonyl (C=O) groups excluding carboxylic acids is 1. The number of hydrogen-bond acceptors (Lipinski definition) is 4. The van der Waals surface area contributed by atoms with E-state index >= 15 is 0 Å². The highest BCUT2D eigenvalue weighted by molar-refractivity contribution is 7.15. The molecule has 0 aliphatic carbocycles. The summed E-state index contributed by atoms with van der Waals surface area (Å²) >= 11 is 1.68. The first-order valence-corrected chi connectivity index (χ1v) is 10.8. The van der Waals surface area contributed by atoms with Gasteiger partial charge in [-0.25, -0.2) is 4.39 Å². The van der Waals surface area contributed by atoms with Crippen LogP contribution in [0.5, 0.6) is 11.5 Å². The molecule has 31 heavy (non-hydrogen) atoms. The number of rotatable bonds is 5. The van der Waals surface area contributed by atoms with E-state index in [0.717, 1.165) is 16.0 Å². The molecule has 6 heteroatoms. The molecule has 0 unspecified atom stereocenters. The van der Waals surface area contributed by atoms with Gasteiger partial charge in [-0.15, -0.1) is 23.7 Å². The lowest BCUT2D eigenvalue weighted by Gasteiger charge is -2.20. The lowest BCUT2D eigenvalue weighted by atomic mass is 10.1. The van der Waals surface area contributed by atoms with E-state index in [1.165, 1.54) is 17.0 Å². The number of hydrogen-bond donors (Lipinski definition) is 0. The summed E-state index contributed by atoms with van der Waals surface area (Å²) in [6.45, 7) is 3.36. The number of aryl methyl sites for hydroxylation is 1. The lowest BCUT2D eigenvalue weighted by molar-refractivity contribution is 0.0728. The van der Waals surface area contributed by atoms with Crippen molar-refractivity contribution in [1.82, 2.24) is 4.90 Å². The summed E-state index contributed by atoms with van der Waals surface area (Å²) in [6.07, 6.45) is 5.84. The van der Waals surface area contributed by atoms with Crippen molar-refractivity contribution in [3.63, 3.8) is 0 Å². The number of halogens is 1. The topological polar surface area (TPSA) is 38.8 Å². The number of thiophene rings is 1. The van der Waals surface area contributed by atoms with E-state index < -0.39 is 5.82 Å². The highest BCUT2D eigenvalue weighted by atomic mass is 32.1. The Morgan fingerprint density at radius 1 is 1.29 bits per heavy atom. The summed E-state index contributed by atoms with van der Waals surface area (Å²) in [7, 11) is 0. The predicted molar refractivity (Wildman–Crippen MR) is 120 cm³/mol. The lowest BCUT2D eigenvalue weighted by Crippen LogP contribution is -2.33. The summed E-state index contributed by atoms with van der Waals surface area (Å²) in [4.78, 5) is 16.9. The second-order valence-electron chi connectivity index (χ2n) is 7.23. The van der Waals surface area contributed by atoms with Crippen molar-refractivity contribution in [3.8, 4) is 34.3 Å². The van der Waals surface area contributed by atoms with E-state index in [1.807, 2.05) is 12.1 Å². The van der Waals surface area contributed by atoms with Gasteiger partial charge in [0.2, 0.25) is 0 Å². The zero-order valence-electron chi connectivity index (χ0n) is 17.2. The normalized spacial score (nSPS) is 13.0. The summed E-state index contributed by atoms with van der Waals surface area (Å²) < 4.78 is 26.1. The van der Waals surface area contributed by atoms with Crippen LogP contribution in [-0.2, 0) is 6.54 Å². The molecule has 2 aromatic carbocycles. The van der Waals surface area contributed by atoms with E-state index in [-0.39, 0.29) is 18.1 Å². The molecule has 0 spiro atoms. The van der Waals surface area contributed by atoms with Crippen molar-refractivity contribution in [2.24, 2.45) is 0 Å². The van der Waals surface area contributed by atoms with Crippen molar-refractivity contribution in [2.75, 3.05) is 19.8 Å². The first kappa shape index (κ1) is 21.0. The van der Waals surface area contributed by atoms with Crippen molar-refractivity contribution >= 4 is 17.2 Å². The van der Waals surface area contributed by atoms with Gasteiger partial charge in [-0.2, -0.15) is 0 Å². The molecule has 1 aromatic heterocycles. The predicted octanol–water partition coefficient (Wildman–Crippen LogP) is 5.30. The third-order valence-corrected chi connectivity index (χ3v) is 6.07. The number of carbonyl (C=O) groups is 1. The molecule has 1 amide bonds. The molecule has 1 aliphatic rings. The Hall–Kier alpha value is -3.30. The molecule has 1 aliphatic heterocycles. The minimum atomic E-state index is -0.529. The fourth-order valence-electron chi connectivity index (χ4n) is 3.52. The van der Waals surface area contributed by atoms with Gasteiger partial charge in [-0.1, -0.05) is 12.1 Å². The van der Waals surface area contributed by atoms with Gasteiger partial charge in [-0.3, -0.25) is 4.79 Å². The molecule has 158 valence electrons. The Kier molecular flexibility index (Phi) is 6.24. The van der Waals surface area contributed by atoms with Crippen molar-refractivity contribution < 1.29 is 18.7 Å². The van der Waals surface area contributed by atoms with Gasteiger partial charge >= 0.3 is 0 Å². The second kappa shape index (κ2) is 9.23. The molecule has 4 nitrogen and oxygen atoms in total. The first-order valence-electron chi connectivity index (χ1n) is 10.0. The summed E-state index contributed by atoms with van der Waals surface area (Å²) in [5.41, 5.74) is 1.86. The van der Waals surface area contributed by atoms with Crippen LogP contribution in [0.25, 0.3) is 10.4 Å².